The number of nitrogens with zero attached hydrogens (tertiary/aromatic N) is 2. The van der Waals surface area contributed by atoms with Crippen LogP contribution >= 0.6 is 24.0 Å². The van der Waals surface area contributed by atoms with Crippen molar-refractivity contribution < 1.29 is 0 Å². The highest BCUT2D eigenvalue weighted by Gasteiger charge is 2.17. The average Bonchev–Trinajstić information content (AvgIpc) is 2.58. The van der Waals surface area contributed by atoms with Crippen molar-refractivity contribution in [3.05, 3.63) is 15.6 Å². The summed E-state index contributed by atoms with van der Waals surface area (Å²) in [6.45, 7) is 7.93. The Balaban J connectivity index is 1.97. The normalized spacial score (nSPS) is 22.6. The van der Waals surface area contributed by atoms with Crippen LogP contribution in [0.15, 0.2) is 0 Å². The van der Waals surface area contributed by atoms with Gasteiger partial charge in [-0.25, -0.2) is 4.98 Å². The molecule has 2 heterocycles. The zero-order chi connectivity index (χ0) is 11.5. The molecule has 16 heavy (non-hydrogen) atoms. The minimum Gasteiger partial charge on any atom is -0.296 e. The van der Waals surface area contributed by atoms with Gasteiger partial charge >= 0.3 is 0 Å². The molecule has 1 aromatic heterocycles. The molecular weight excluding hydrogens is 236 g/mol. The number of hydrogen-bond donors (Lipinski definition) is 1. The Kier molecular flexibility index (Phi) is 4.27. The maximum absolute atomic E-state index is 4.63. The number of aryl methyl sites for hydroxylation is 1. The summed E-state index contributed by atoms with van der Waals surface area (Å²) in [5.74, 6) is 1.67. The van der Waals surface area contributed by atoms with Gasteiger partial charge in [-0.15, -0.1) is 11.3 Å². The number of thiazole rings is 1. The van der Waals surface area contributed by atoms with E-state index in [1.165, 1.54) is 41.5 Å². The number of thiol groups is 1. The van der Waals surface area contributed by atoms with Crippen LogP contribution < -0.4 is 0 Å². The van der Waals surface area contributed by atoms with E-state index in [-0.39, 0.29) is 0 Å². The molecule has 1 fully saturated rings. The Bertz CT molecular complexity index is 349. The molecule has 90 valence electrons. The first-order chi connectivity index (χ1) is 7.69. The van der Waals surface area contributed by atoms with Gasteiger partial charge in [-0.05, 0) is 32.2 Å². The smallest absolute Gasteiger partial charge is 0.107 e. The number of hydrogen-bond acceptors (Lipinski definition) is 4. The van der Waals surface area contributed by atoms with Crippen molar-refractivity contribution in [1.29, 1.82) is 0 Å². The topological polar surface area (TPSA) is 16.1 Å². The van der Waals surface area contributed by atoms with Gasteiger partial charge in [0.2, 0.25) is 0 Å². The molecule has 0 bridgehead atoms. The molecule has 0 spiro atoms. The van der Waals surface area contributed by atoms with Crippen LogP contribution in [-0.4, -0.2) is 23.0 Å². The SMILES string of the molecule is Cc1nc(CN2CCCC(C)C2)sc1CS. The lowest BCUT2D eigenvalue weighted by atomic mass is 10.0. The molecule has 0 saturated carbocycles. The van der Waals surface area contributed by atoms with Crippen molar-refractivity contribution in [3.8, 4) is 0 Å². The fourth-order valence-corrected chi connectivity index (χ4v) is 3.72. The number of piperidine rings is 1. The Hall–Kier alpha value is -0.0600. The van der Waals surface area contributed by atoms with Crippen molar-refractivity contribution in [2.24, 2.45) is 5.92 Å². The lowest BCUT2D eigenvalue weighted by molar-refractivity contribution is 0.176. The van der Waals surface area contributed by atoms with Gasteiger partial charge in [0.05, 0.1) is 12.2 Å². The molecule has 1 aliphatic heterocycles. The maximum Gasteiger partial charge on any atom is 0.107 e. The van der Waals surface area contributed by atoms with Crippen LogP contribution in [0.4, 0.5) is 0 Å². The quantitative estimate of drug-likeness (QED) is 0.837. The predicted octanol–water partition coefficient (Wildman–Crippen LogP) is 3.11. The van der Waals surface area contributed by atoms with Crippen LogP contribution in [-0.2, 0) is 12.3 Å². The van der Waals surface area contributed by atoms with Crippen LogP contribution in [0.1, 0.15) is 35.3 Å². The lowest BCUT2D eigenvalue weighted by Crippen LogP contribution is -2.33. The molecule has 0 radical (unpaired) electrons. The second kappa shape index (κ2) is 5.52. The molecule has 1 aromatic rings. The molecule has 1 saturated heterocycles. The second-order valence-corrected chi connectivity index (χ2v) is 6.24. The summed E-state index contributed by atoms with van der Waals surface area (Å²) in [5, 5.41) is 1.26. The summed E-state index contributed by atoms with van der Waals surface area (Å²) >= 11 is 6.16. The molecule has 1 aliphatic rings. The van der Waals surface area contributed by atoms with Gasteiger partial charge in [0, 0.05) is 17.2 Å². The highest BCUT2D eigenvalue weighted by atomic mass is 32.1. The molecule has 2 rings (SSSR count). The van der Waals surface area contributed by atoms with Crippen LogP contribution in [0, 0.1) is 12.8 Å². The van der Waals surface area contributed by atoms with Crippen molar-refractivity contribution in [2.45, 2.75) is 39.0 Å². The predicted molar refractivity (Wildman–Crippen MR) is 73.2 cm³/mol. The maximum atomic E-state index is 4.63. The first-order valence-corrected chi connectivity index (χ1v) is 7.42. The zero-order valence-electron chi connectivity index (χ0n) is 10.1. The largest absolute Gasteiger partial charge is 0.296 e. The van der Waals surface area contributed by atoms with Gasteiger partial charge in [-0.1, -0.05) is 6.92 Å². The van der Waals surface area contributed by atoms with Crippen LogP contribution in [0.2, 0.25) is 0 Å². The van der Waals surface area contributed by atoms with E-state index in [1.54, 1.807) is 0 Å². The first kappa shape index (κ1) is 12.4. The van der Waals surface area contributed by atoms with E-state index in [2.05, 4.69) is 36.4 Å². The van der Waals surface area contributed by atoms with Gasteiger partial charge in [0.15, 0.2) is 0 Å². The Morgan fingerprint density at radius 2 is 2.38 bits per heavy atom. The second-order valence-electron chi connectivity index (χ2n) is 4.76. The van der Waals surface area contributed by atoms with Gasteiger partial charge in [-0.3, -0.25) is 4.90 Å². The van der Waals surface area contributed by atoms with Crippen molar-refractivity contribution in [1.82, 2.24) is 9.88 Å². The van der Waals surface area contributed by atoms with E-state index in [9.17, 15) is 0 Å². The molecule has 0 aliphatic carbocycles. The molecule has 0 amide bonds. The van der Waals surface area contributed by atoms with Crippen molar-refractivity contribution >= 4 is 24.0 Å². The van der Waals surface area contributed by atoms with E-state index < -0.39 is 0 Å². The molecule has 1 atom stereocenters. The fraction of sp³-hybridized carbons (Fsp3) is 0.750. The highest BCUT2D eigenvalue weighted by molar-refractivity contribution is 7.79. The molecular formula is C12H20N2S2. The average molecular weight is 256 g/mol. The fourth-order valence-electron chi connectivity index (χ4n) is 2.32. The van der Waals surface area contributed by atoms with Gasteiger partial charge in [-0.2, -0.15) is 12.6 Å². The molecule has 1 unspecified atom stereocenters. The van der Waals surface area contributed by atoms with Crippen LogP contribution in [0.3, 0.4) is 0 Å². The van der Waals surface area contributed by atoms with Gasteiger partial charge in [0.1, 0.15) is 5.01 Å². The van der Waals surface area contributed by atoms with Crippen LogP contribution in [0.5, 0.6) is 0 Å². The summed E-state index contributed by atoms with van der Waals surface area (Å²) in [6.07, 6.45) is 2.72. The highest BCUT2D eigenvalue weighted by Crippen LogP contribution is 2.23. The molecule has 2 nitrogen and oxygen atoms in total. The first-order valence-electron chi connectivity index (χ1n) is 5.97. The van der Waals surface area contributed by atoms with Gasteiger partial charge < -0.3 is 0 Å². The van der Waals surface area contributed by atoms with E-state index in [0.717, 1.165) is 18.2 Å². The summed E-state index contributed by atoms with van der Waals surface area (Å²) in [7, 11) is 0. The molecule has 0 aromatic carbocycles. The Morgan fingerprint density at radius 1 is 1.56 bits per heavy atom. The Labute approximate surface area is 107 Å². The zero-order valence-corrected chi connectivity index (χ0v) is 11.8. The third-order valence-corrected chi connectivity index (χ3v) is 4.85. The summed E-state index contributed by atoms with van der Waals surface area (Å²) in [4.78, 5) is 8.49. The standard InChI is InChI=1S/C12H20N2S2/c1-9-4-3-5-14(6-9)7-12-13-10(2)11(8-15)16-12/h9,15H,3-8H2,1-2H3. The van der Waals surface area contributed by atoms with E-state index >= 15 is 0 Å². The monoisotopic (exact) mass is 256 g/mol. The minimum atomic E-state index is 0.819. The van der Waals surface area contributed by atoms with E-state index in [1.807, 2.05) is 11.3 Å². The van der Waals surface area contributed by atoms with Crippen LogP contribution in [0.25, 0.3) is 0 Å². The van der Waals surface area contributed by atoms with Crippen molar-refractivity contribution in [3.63, 3.8) is 0 Å². The number of aromatic nitrogens is 1. The van der Waals surface area contributed by atoms with E-state index in [0.29, 0.717) is 0 Å². The number of rotatable bonds is 3. The minimum absolute atomic E-state index is 0.819. The van der Waals surface area contributed by atoms with Crippen molar-refractivity contribution in [2.75, 3.05) is 13.1 Å². The van der Waals surface area contributed by atoms with E-state index in [4.69, 9.17) is 0 Å². The third kappa shape index (κ3) is 2.99. The Morgan fingerprint density at radius 3 is 3.00 bits per heavy atom. The summed E-state index contributed by atoms with van der Waals surface area (Å²) < 4.78 is 0. The molecule has 4 heteroatoms. The third-order valence-electron chi connectivity index (χ3n) is 3.18. The lowest BCUT2D eigenvalue weighted by Gasteiger charge is -2.29. The summed E-state index contributed by atoms with van der Waals surface area (Å²) in [6, 6.07) is 0. The summed E-state index contributed by atoms with van der Waals surface area (Å²) in [5.41, 5.74) is 1.17. The number of likely N-dealkylation sites (tertiary alicyclic amines) is 1. The molecule has 0 N–H and O–H groups in total. The van der Waals surface area contributed by atoms with Gasteiger partial charge in [0.25, 0.3) is 0 Å².